The molecule has 1 rings (SSSR count). The fraction of sp³-hybridized carbons (Fsp3) is 0.467. The van der Waals surface area contributed by atoms with E-state index >= 15 is 0 Å². The first-order chi connectivity index (χ1) is 9.53. The second-order valence-corrected chi connectivity index (χ2v) is 5.75. The van der Waals surface area contributed by atoms with Crippen LogP contribution in [0, 0.1) is 0 Å². The van der Waals surface area contributed by atoms with Crippen LogP contribution in [0.25, 0.3) is 0 Å². The van der Waals surface area contributed by atoms with E-state index in [0.29, 0.717) is 6.42 Å². The lowest BCUT2D eigenvalue weighted by Crippen LogP contribution is -2.11. The van der Waals surface area contributed by atoms with Gasteiger partial charge in [-0.1, -0.05) is 55.7 Å². The number of allylic oxidation sites excluding steroid dienone is 1. The van der Waals surface area contributed by atoms with Gasteiger partial charge in [-0.25, -0.2) is 4.18 Å². The molecule has 1 N–H and O–H groups in total. The van der Waals surface area contributed by atoms with Crippen molar-refractivity contribution >= 4 is 10.4 Å². The summed E-state index contributed by atoms with van der Waals surface area (Å²) in [6.45, 7) is 3.67. The van der Waals surface area contributed by atoms with Gasteiger partial charge in [-0.15, -0.1) is 6.58 Å². The molecule has 4 nitrogen and oxygen atoms in total. The molecule has 0 fully saturated rings. The molecule has 0 heterocycles. The Morgan fingerprint density at radius 2 is 1.80 bits per heavy atom. The van der Waals surface area contributed by atoms with Crippen LogP contribution in [0.2, 0.25) is 0 Å². The Kier molecular flexibility index (Phi) is 7.51. The third-order valence-corrected chi connectivity index (χ3v) is 3.51. The minimum atomic E-state index is -4.44. The van der Waals surface area contributed by atoms with Crippen LogP contribution in [-0.4, -0.2) is 13.0 Å². The zero-order chi connectivity index (χ0) is 14.8. The number of hydrogen-bond acceptors (Lipinski definition) is 3. The van der Waals surface area contributed by atoms with Gasteiger partial charge in [0, 0.05) is 0 Å². The summed E-state index contributed by atoms with van der Waals surface area (Å²) in [5.74, 6) is 0. The fourth-order valence-corrected chi connectivity index (χ4v) is 2.56. The summed E-state index contributed by atoms with van der Waals surface area (Å²) in [5.41, 5.74) is 0.760. The Balaban J connectivity index is 2.50. The van der Waals surface area contributed by atoms with E-state index in [1.165, 1.54) is 0 Å². The lowest BCUT2D eigenvalue weighted by molar-refractivity contribution is 0.171. The summed E-state index contributed by atoms with van der Waals surface area (Å²) < 4.78 is 35.4. The van der Waals surface area contributed by atoms with E-state index in [-0.39, 0.29) is 0 Å². The van der Waals surface area contributed by atoms with Crippen molar-refractivity contribution in [2.45, 2.75) is 44.6 Å². The predicted molar refractivity (Wildman–Crippen MR) is 79.7 cm³/mol. The zero-order valence-corrected chi connectivity index (χ0v) is 12.4. The number of benzene rings is 1. The van der Waals surface area contributed by atoms with Gasteiger partial charge >= 0.3 is 10.4 Å². The second kappa shape index (κ2) is 8.89. The largest absolute Gasteiger partial charge is 0.397 e. The van der Waals surface area contributed by atoms with Gasteiger partial charge in [-0.3, -0.25) is 4.55 Å². The minimum absolute atomic E-state index is 0.567. The molecule has 1 unspecified atom stereocenters. The maximum absolute atomic E-state index is 10.9. The lowest BCUT2D eigenvalue weighted by Gasteiger charge is -2.15. The lowest BCUT2D eigenvalue weighted by atomic mass is 10.0. The van der Waals surface area contributed by atoms with E-state index in [9.17, 15) is 8.42 Å². The highest BCUT2D eigenvalue weighted by Gasteiger charge is 2.18. The van der Waals surface area contributed by atoms with Crippen molar-refractivity contribution in [1.82, 2.24) is 0 Å². The van der Waals surface area contributed by atoms with Crippen LogP contribution in [0.1, 0.15) is 50.2 Å². The van der Waals surface area contributed by atoms with Crippen LogP contribution in [0.4, 0.5) is 0 Å². The molecule has 0 bridgehead atoms. The van der Waals surface area contributed by atoms with Crippen LogP contribution in [0.3, 0.4) is 0 Å². The molecule has 0 amide bonds. The molecule has 0 saturated carbocycles. The maximum atomic E-state index is 10.9. The average Bonchev–Trinajstić information content (AvgIpc) is 2.41. The van der Waals surface area contributed by atoms with Crippen molar-refractivity contribution in [3.05, 3.63) is 48.6 Å². The Morgan fingerprint density at radius 1 is 1.15 bits per heavy atom. The van der Waals surface area contributed by atoms with Gasteiger partial charge in [-0.05, 0) is 24.8 Å². The van der Waals surface area contributed by atoms with E-state index in [2.05, 4.69) is 6.58 Å². The molecule has 0 aromatic heterocycles. The summed E-state index contributed by atoms with van der Waals surface area (Å²) in [5, 5.41) is 0. The van der Waals surface area contributed by atoms with Gasteiger partial charge in [0.1, 0.15) is 6.10 Å². The molecule has 0 saturated heterocycles. The van der Waals surface area contributed by atoms with Gasteiger partial charge < -0.3 is 0 Å². The van der Waals surface area contributed by atoms with Gasteiger partial charge in [0.15, 0.2) is 0 Å². The first kappa shape index (κ1) is 16.9. The van der Waals surface area contributed by atoms with Crippen molar-refractivity contribution in [1.29, 1.82) is 0 Å². The quantitative estimate of drug-likeness (QED) is 0.402. The van der Waals surface area contributed by atoms with Crippen LogP contribution in [-0.2, 0) is 14.6 Å². The average molecular weight is 298 g/mol. The Bertz CT molecular complexity index is 482. The highest BCUT2D eigenvalue weighted by molar-refractivity contribution is 7.80. The third kappa shape index (κ3) is 7.43. The normalized spacial score (nSPS) is 13.1. The molecule has 5 heteroatoms. The molecule has 1 atom stereocenters. The summed E-state index contributed by atoms with van der Waals surface area (Å²) in [4.78, 5) is 0. The maximum Gasteiger partial charge on any atom is 0.397 e. The summed E-state index contributed by atoms with van der Waals surface area (Å²) >= 11 is 0. The number of hydrogen-bond donors (Lipinski definition) is 1. The van der Waals surface area contributed by atoms with Crippen molar-refractivity contribution in [3.8, 4) is 0 Å². The molecule has 1 aromatic carbocycles. The Hall–Kier alpha value is -1.17. The Morgan fingerprint density at radius 3 is 2.40 bits per heavy atom. The van der Waals surface area contributed by atoms with Gasteiger partial charge in [0.25, 0.3) is 0 Å². The van der Waals surface area contributed by atoms with Crippen molar-refractivity contribution in [2.75, 3.05) is 0 Å². The number of unbranched alkanes of at least 4 members (excludes halogenated alkanes) is 4. The SMILES string of the molecule is C=CCCCCCCC(OS(=O)(=O)O)c1ccccc1. The molecule has 20 heavy (non-hydrogen) atoms. The zero-order valence-electron chi connectivity index (χ0n) is 11.6. The van der Waals surface area contributed by atoms with E-state index < -0.39 is 16.5 Å². The van der Waals surface area contributed by atoms with Gasteiger partial charge in [0.2, 0.25) is 0 Å². The highest BCUT2D eigenvalue weighted by atomic mass is 32.3. The van der Waals surface area contributed by atoms with Crippen molar-refractivity contribution < 1.29 is 17.2 Å². The molecule has 0 spiro atoms. The topological polar surface area (TPSA) is 63.6 Å². The Labute approximate surface area is 121 Å². The second-order valence-electron chi connectivity index (χ2n) is 4.70. The van der Waals surface area contributed by atoms with E-state index in [4.69, 9.17) is 8.74 Å². The van der Waals surface area contributed by atoms with E-state index in [1.807, 2.05) is 24.3 Å². The molecule has 0 radical (unpaired) electrons. The molecule has 0 aliphatic rings. The molecular formula is C15H22O4S. The standard InChI is InChI=1S/C15H22O4S/c1-2-3-4-5-6-10-13-15(19-20(16,17)18)14-11-8-7-9-12-14/h2,7-9,11-12,15H,1,3-6,10,13H2,(H,16,17,18). The molecule has 112 valence electrons. The van der Waals surface area contributed by atoms with E-state index in [0.717, 1.165) is 37.7 Å². The first-order valence-corrected chi connectivity index (χ1v) is 8.21. The molecule has 0 aliphatic carbocycles. The van der Waals surface area contributed by atoms with E-state index in [1.54, 1.807) is 12.1 Å². The van der Waals surface area contributed by atoms with Crippen LogP contribution >= 0.6 is 0 Å². The van der Waals surface area contributed by atoms with Crippen LogP contribution < -0.4 is 0 Å². The smallest absolute Gasteiger partial charge is 0.264 e. The summed E-state index contributed by atoms with van der Waals surface area (Å²) in [6, 6.07) is 9.09. The molecular weight excluding hydrogens is 276 g/mol. The minimum Gasteiger partial charge on any atom is -0.264 e. The molecule has 1 aromatic rings. The highest BCUT2D eigenvalue weighted by Crippen LogP contribution is 2.25. The summed E-state index contributed by atoms with van der Waals surface area (Å²) in [7, 11) is -4.44. The fourth-order valence-electron chi connectivity index (χ4n) is 2.06. The third-order valence-electron chi connectivity index (χ3n) is 3.03. The monoisotopic (exact) mass is 298 g/mol. The predicted octanol–water partition coefficient (Wildman–Crippen LogP) is 4.07. The van der Waals surface area contributed by atoms with Crippen molar-refractivity contribution in [2.24, 2.45) is 0 Å². The van der Waals surface area contributed by atoms with Crippen LogP contribution in [0.5, 0.6) is 0 Å². The first-order valence-electron chi connectivity index (χ1n) is 6.84. The van der Waals surface area contributed by atoms with Crippen molar-refractivity contribution in [3.63, 3.8) is 0 Å². The van der Waals surface area contributed by atoms with Gasteiger partial charge in [0.05, 0.1) is 0 Å². The number of rotatable bonds is 10. The summed E-state index contributed by atoms with van der Waals surface area (Å²) in [6.07, 6.45) is 6.89. The van der Waals surface area contributed by atoms with Gasteiger partial charge in [-0.2, -0.15) is 8.42 Å². The van der Waals surface area contributed by atoms with Crippen LogP contribution in [0.15, 0.2) is 43.0 Å². The molecule has 0 aliphatic heterocycles.